The Bertz CT molecular complexity index is 577. The Morgan fingerprint density at radius 3 is 1.14 bits per heavy atom. The van der Waals surface area contributed by atoms with Gasteiger partial charge in [0.15, 0.2) is 0 Å². The van der Waals surface area contributed by atoms with Gasteiger partial charge >= 0.3 is 48.0 Å². The van der Waals surface area contributed by atoms with Gasteiger partial charge in [0.2, 0.25) is 0 Å². The summed E-state index contributed by atoms with van der Waals surface area (Å²) in [6.07, 6.45) is -25.0. The van der Waals surface area contributed by atoms with Gasteiger partial charge in [0.1, 0.15) is 0 Å². The van der Waals surface area contributed by atoms with E-state index in [2.05, 4.69) is 0 Å². The fourth-order valence-corrected chi connectivity index (χ4v) is 1.34. The molecule has 0 bridgehead atoms. The molecule has 0 rings (SSSR count). The summed E-state index contributed by atoms with van der Waals surface area (Å²) in [6.45, 7) is -1.97. The third-order valence-electron chi connectivity index (χ3n) is 3.01. The standard InChI is InChI=1S/C10H5F17O2/c11-3(12,1-2-28)9(24,25)29-10(26,27)7(19,20)5(15,16)4(13,14)6(17,18)8(21,22)23/h28H,1-2H2. The highest BCUT2D eigenvalue weighted by Gasteiger charge is 2.92. The Morgan fingerprint density at radius 2 is 0.828 bits per heavy atom. The molecule has 1 N–H and O–H groups in total. The Morgan fingerprint density at radius 1 is 0.483 bits per heavy atom. The van der Waals surface area contributed by atoms with Crippen LogP contribution < -0.4 is 0 Å². The average Bonchev–Trinajstić information content (AvgIpc) is 2.43. The zero-order valence-electron chi connectivity index (χ0n) is 12.7. The van der Waals surface area contributed by atoms with Crippen LogP contribution in [0.1, 0.15) is 6.42 Å². The molecule has 2 nitrogen and oxygen atoms in total. The molecule has 0 radical (unpaired) electrons. The summed E-state index contributed by atoms with van der Waals surface area (Å²) in [5, 5.41) is 8.01. The summed E-state index contributed by atoms with van der Waals surface area (Å²) < 4.78 is 217. The van der Waals surface area contributed by atoms with Crippen molar-refractivity contribution in [3.63, 3.8) is 0 Å². The number of rotatable bonds is 9. The SMILES string of the molecule is OCCC(F)(F)C(F)(F)OC(F)(F)C(F)(F)C(F)(F)C(F)(F)C(F)(F)C(F)(F)F. The molecule has 176 valence electrons. The molecule has 0 aromatic heterocycles. The minimum atomic E-state index is -8.48. The van der Waals surface area contributed by atoms with Crippen LogP contribution in [0, 0.1) is 0 Å². The Kier molecular flexibility index (Phi) is 6.84. The van der Waals surface area contributed by atoms with E-state index in [9.17, 15) is 74.6 Å². The van der Waals surface area contributed by atoms with E-state index in [1.165, 1.54) is 4.74 Å². The molecule has 0 amide bonds. The molecule has 0 aliphatic heterocycles. The first-order chi connectivity index (χ1) is 12.3. The molecule has 29 heavy (non-hydrogen) atoms. The van der Waals surface area contributed by atoms with E-state index >= 15 is 0 Å². The van der Waals surface area contributed by atoms with Gasteiger partial charge in [-0.1, -0.05) is 0 Å². The van der Waals surface area contributed by atoms with Gasteiger partial charge in [0, 0.05) is 13.0 Å². The predicted molar refractivity (Wildman–Crippen MR) is 53.5 cm³/mol. The number of hydrogen-bond donors (Lipinski definition) is 1. The summed E-state index contributed by atoms with van der Waals surface area (Å²) in [7, 11) is 0. The Hall–Kier alpha value is -1.27. The summed E-state index contributed by atoms with van der Waals surface area (Å²) in [4.78, 5) is 0. The summed E-state index contributed by atoms with van der Waals surface area (Å²) in [6, 6.07) is 0. The van der Waals surface area contributed by atoms with E-state index in [0.29, 0.717) is 0 Å². The van der Waals surface area contributed by atoms with E-state index in [4.69, 9.17) is 5.11 Å². The van der Waals surface area contributed by atoms with Crippen LogP contribution in [0.4, 0.5) is 74.6 Å². The molecule has 0 fully saturated rings. The first kappa shape index (κ1) is 27.7. The predicted octanol–water partition coefficient (Wildman–Crippen LogP) is 5.31. The second-order valence-electron chi connectivity index (χ2n) is 5.11. The van der Waals surface area contributed by atoms with Crippen LogP contribution >= 0.6 is 0 Å². The summed E-state index contributed by atoms with van der Waals surface area (Å²) in [5.41, 5.74) is 0. The van der Waals surface area contributed by atoms with Gasteiger partial charge in [0.05, 0.1) is 0 Å². The first-order valence-electron chi connectivity index (χ1n) is 6.29. The third kappa shape index (κ3) is 4.15. The largest absolute Gasteiger partial charge is 0.460 e. The number of halogens is 17. The van der Waals surface area contributed by atoms with Crippen molar-refractivity contribution in [3.05, 3.63) is 0 Å². The zero-order valence-corrected chi connectivity index (χ0v) is 12.7. The Labute approximate surface area is 147 Å². The molecule has 0 spiro atoms. The molecular weight excluding hydrogens is 475 g/mol. The normalized spacial score (nSPS) is 16.3. The molecule has 0 aliphatic carbocycles. The molecule has 0 aliphatic rings. The van der Waals surface area contributed by atoms with Crippen molar-refractivity contribution in [2.45, 2.75) is 54.4 Å². The lowest BCUT2D eigenvalue weighted by molar-refractivity contribution is -0.508. The molecule has 0 saturated heterocycles. The second kappa shape index (κ2) is 7.16. The molecule has 0 aromatic rings. The highest BCUT2D eigenvalue weighted by molar-refractivity contribution is 5.08. The quantitative estimate of drug-likeness (QED) is 0.454. The van der Waals surface area contributed by atoms with Crippen molar-refractivity contribution in [2.24, 2.45) is 0 Å². The van der Waals surface area contributed by atoms with Crippen LogP contribution in [0.3, 0.4) is 0 Å². The molecule has 0 aromatic carbocycles. The molecule has 0 heterocycles. The van der Waals surface area contributed by atoms with Crippen LogP contribution in [-0.4, -0.2) is 59.7 Å². The van der Waals surface area contributed by atoms with Gasteiger partial charge in [-0.3, -0.25) is 0 Å². The highest BCUT2D eigenvalue weighted by atomic mass is 19.4. The number of aliphatic hydroxyl groups is 1. The number of aliphatic hydroxyl groups excluding tert-OH is 1. The minimum Gasteiger partial charge on any atom is -0.396 e. The van der Waals surface area contributed by atoms with Crippen LogP contribution in [0.2, 0.25) is 0 Å². The van der Waals surface area contributed by atoms with E-state index in [1.54, 1.807) is 0 Å². The van der Waals surface area contributed by atoms with Crippen LogP contribution in [0.5, 0.6) is 0 Å². The van der Waals surface area contributed by atoms with Crippen molar-refractivity contribution in [3.8, 4) is 0 Å². The average molecular weight is 480 g/mol. The highest BCUT2D eigenvalue weighted by Crippen LogP contribution is 2.61. The van der Waals surface area contributed by atoms with Crippen LogP contribution in [-0.2, 0) is 4.74 Å². The number of hydrogen-bond acceptors (Lipinski definition) is 2. The van der Waals surface area contributed by atoms with E-state index < -0.39 is 61.0 Å². The van der Waals surface area contributed by atoms with E-state index in [-0.39, 0.29) is 0 Å². The van der Waals surface area contributed by atoms with Gasteiger partial charge in [-0.05, 0) is 0 Å². The maximum absolute atomic E-state index is 13.1. The van der Waals surface area contributed by atoms with Gasteiger partial charge in [0.25, 0.3) is 0 Å². The van der Waals surface area contributed by atoms with Gasteiger partial charge < -0.3 is 5.11 Å². The lowest BCUT2D eigenvalue weighted by Crippen LogP contribution is -2.71. The van der Waals surface area contributed by atoms with Gasteiger partial charge in [-0.2, -0.15) is 74.6 Å². The van der Waals surface area contributed by atoms with Crippen molar-refractivity contribution in [1.29, 1.82) is 0 Å². The molecule has 0 unspecified atom stereocenters. The fraction of sp³-hybridized carbons (Fsp3) is 1.00. The van der Waals surface area contributed by atoms with Gasteiger partial charge in [-0.15, -0.1) is 0 Å². The maximum Gasteiger partial charge on any atom is 0.460 e. The molecule has 0 atom stereocenters. The lowest BCUT2D eigenvalue weighted by Gasteiger charge is -2.40. The first-order valence-corrected chi connectivity index (χ1v) is 6.29. The Balaban J connectivity index is 6.32. The smallest absolute Gasteiger partial charge is 0.396 e. The lowest BCUT2D eigenvalue weighted by atomic mass is 9.97. The van der Waals surface area contributed by atoms with Crippen molar-refractivity contribution < 1.29 is 84.5 Å². The van der Waals surface area contributed by atoms with Crippen molar-refractivity contribution in [1.82, 2.24) is 0 Å². The molecular formula is C10H5F17O2. The van der Waals surface area contributed by atoms with Crippen LogP contribution in [0.25, 0.3) is 0 Å². The summed E-state index contributed by atoms with van der Waals surface area (Å²) in [5.74, 6) is -39.4. The third-order valence-corrected chi connectivity index (χ3v) is 3.01. The number of alkyl halides is 17. The number of ether oxygens (including phenoxy) is 1. The van der Waals surface area contributed by atoms with Gasteiger partial charge in [-0.25, -0.2) is 4.74 Å². The minimum absolute atomic E-state index is 1.47. The molecule has 19 heteroatoms. The van der Waals surface area contributed by atoms with Crippen LogP contribution in [0.15, 0.2) is 0 Å². The monoisotopic (exact) mass is 480 g/mol. The topological polar surface area (TPSA) is 29.5 Å². The maximum atomic E-state index is 13.1. The zero-order chi connectivity index (χ0) is 24.1. The van der Waals surface area contributed by atoms with Crippen molar-refractivity contribution >= 4 is 0 Å². The molecule has 0 saturated carbocycles. The second-order valence-corrected chi connectivity index (χ2v) is 5.11. The van der Waals surface area contributed by atoms with E-state index in [1.807, 2.05) is 0 Å². The van der Waals surface area contributed by atoms with Crippen molar-refractivity contribution in [2.75, 3.05) is 6.61 Å². The fourth-order valence-electron chi connectivity index (χ4n) is 1.34. The summed E-state index contributed by atoms with van der Waals surface area (Å²) >= 11 is 0. The van der Waals surface area contributed by atoms with E-state index in [0.717, 1.165) is 0 Å².